The molecule has 0 saturated carbocycles. The van der Waals surface area contributed by atoms with Gasteiger partial charge in [-0.25, -0.2) is 0 Å². The fourth-order valence-corrected chi connectivity index (χ4v) is 3.54. The summed E-state index contributed by atoms with van der Waals surface area (Å²) in [6.07, 6.45) is 5.51. The van der Waals surface area contributed by atoms with Gasteiger partial charge in [0, 0.05) is 32.6 Å². The van der Waals surface area contributed by atoms with E-state index in [1.165, 1.54) is 11.1 Å². The highest BCUT2D eigenvalue weighted by atomic mass is 16.5. The molecule has 3 rings (SSSR count). The first-order chi connectivity index (χ1) is 12.8. The van der Waals surface area contributed by atoms with E-state index >= 15 is 0 Å². The molecular formula is C21H31N3O2. The van der Waals surface area contributed by atoms with Crippen molar-refractivity contribution in [3.8, 4) is 0 Å². The van der Waals surface area contributed by atoms with E-state index in [0.29, 0.717) is 12.5 Å². The van der Waals surface area contributed by atoms with Crippen molar-refractivity contribution in [2.24, 2.45) is 10.9 Å². The van der Waals surface area contributed by atoms with Crippen LogP contribution in [0.15, 0.2) is 47.0 Å². The first-order valence-corrected chi connectivity index (χ1v) is 9.68. The molecule has 0 spiro atoms. The van der Waals surface area contributed by atoms with Gasteiger partial charge in [-0.2, -0.15) is 0 Å². The number of guanidine groups is 1. The Morgan fingerprint density at radius 1 is 1.35 bits per heavy atom. The largest absolute Gasteiger partial charge is 0.377 e. The van der Waals surface area contributed by atoms with Crippen LogP contribution < -0.4 is 5.32 Å². The molecule has 0 aliphatic carbocycles. The van der Waals surface area contributed by atoms with Gasteiger partial charge in [-0.1, -0.05) is 42.0 Å². The van der Waals surface area contributed by atoms with Crippen LogP contribution in [0.4, 0.5) is 0 Å². The Labute approximate surface area is 157 Å². The Bertz CT molecular complexity index is 601. The normalized spacial score (nSPS) is 21.0. The van der Waals surface area contributed by atoms with E-state index in [1.807, 2.05) is 13.1 Å². The molecule has 1 N–H and O–H groups in total. The van der Waals surface area contributed by atoms with Crippen LogP contribution in [0.2, 0.25) is 0 Å². The third-order valence-electron chi connectivity index (χ3n) is 5.05. The van der Waals surface area contributed by atoms with Gasteiger partial charge in [-0.15, -0.1) is 0 Å². The van der Waals surface area contributed by atoms with Crippen molar-refractivity contribution in [3.05, 3.63) is 47.5 Å². The molecular weight excluding hydrogens is 326 g/mol. The minimum absolute atomic E-state index is 0.579. The van der Waals surface area contributed by atoms with Crippen LogP contribution in [-0.2, 0) is 16.1 Å². The van der Waals surface area contributed by atoms with E-state index in [0.717, 1.165) is 64.7 Å². The van der Waals surface area contributed by atoms with Crippen LogP contribution in [0.25, 0.3) is 0 Å². The van der Waals surface area contributed by atoms with Crippen molar-refractivity contribution in [1.82, 2.24) is 10.2 Å². The van der Waals surface area contributed by atoms with E-state index in [2.05, 4.69) is 45.6 Å². The van der Waals surface area contributed by atoms with E-state index < -0.39 is 0 Å². The van der Waals surface area contributed by atoms with Gasteiger partial charge >= 0.3 is 0 Å². The third kappa shape index (κ3) is 5.85. The predicted octanol–water partition coefficient (Wildman–Crippen LogP) is 2.84. The summed E-state index contributed by atoms with van der Waals surface area (Å²) in [4.78, 5) is 6.82. The van der Waals surface area contributed by atoms with Crippen molar-refractivity contribution >= 4 is 5.96 Å². The van der Waals surface area contributed by atoms with Crippen molar-refractivity contribution in [2.75, 3.05) is 46.5 Å². The lowest BCUT2D eigenvalue weighted by Crippen LogP contribution is -2.40. The van der Waals surface area contributed by atoms with Gasteiger partial charge in [-0.3, -0.25) is 4.99 Å². The molecule has 0 amide bonds. The molecule has 2 aliphatic rings. The third-order valence-corrected chi connectivity index (χ3v) is 5.05. The maximum Gasteiger partial charge on any atom is 0.193 e. The first kappa shape index (κ1) is 18.9. The van der Waals surface area contributed by atoms with Gasteiger partial charge < -0.3 is 19.7 Å². The molecule has 142 valence electrons. The standard InChI is InChI=1S/C21H31N3O2/c1-22-21(23-11-7-18-9-13-25-14-10-18)24-12-8-20(15-24)17-26-16-19-5-3-2-4-6-19/h2-6,9,20H,7-8,10-17H2,1H3,(H,22,23). The summed E-state index contributed by atoms with van der Waals surface area (Å²) in [7, 11) is 1.87. The molecule has 0 bridgehead atoms. The zero-order valence-corrected chi connectivity index (χ0v) is 15.8. The van der Waals surface area contributed by atoms with Gasteiger partial charge in [0.1, 0.15) is 0 Å². The molecule has 1 aromatic carbocycles. The van der Waals surface area contributed by atoms with Gasteiger partial charge in [0.15, 0.2) is 5.96 Å². The zero-order valence-electron chi connectivity index (χ0n) is 15.8. The summed E-state index contributed by atoms with van der Waals surface area (Å²) in [5.41, 5.74) is 2.73. The van der Waals surface area contributed by atoms with Crippen molar-refractivity contribution in [3.63, 3.8) is 0 Å². The molecule has 2 aliphatic heterocycles. The molecule has 1 unspecified atom stereocenters. The van der Waals surface area contributed by atoms with Crippen LogP contribution >= 0.6 is 0 Å². The van der Waals surface area contributed by atoms with Crippen LogP contribution in [-0.4, -0.2) is 57.4 Å². The topological polar surface area (TPSA) is 46.1 Å². The first-order valence-electron chi connectivity index (χ1n) is 9.68. The van der Waals surface area contributed by atoms with Crippen molar-refractivity contribution in [2.45, 2.75) is 25.9 Å². The van der Waals surface area contributed by atoms with Gasteiger partial charge in [-0.05, 0) is 24.8 Å². The van der Waals surface area contributed by atoms with Crippen molar-refractivity contribution in [1.29, 1.82) is 0 Å². The Hall–Kier alpha value is -1.85. The molecule has 1 aromatic rings. The molecule has 1 fully saturated rings. The molecule has 2 heterocycles. The summed E-state index contributed by atoms with van der Waals surface area (Å²) in [6.45, 7) is 6.14. The lowest BCUT2D eigenvalue weighted by Gasteiger charge is -2.22. The molecule has 0 radical (unpaired) electrons. The SMILES string of the molecule is CN=C(NCCC1=CCOCC1)N1CCC(COCc2ccccc2)C1. The number of hydrogen-bond acceptors (Lipinski definition) is 3. The van der Waals surface area contributed by atoms with E-state index in [4.69, 9.17) is 9.47 Å². The number of aliphatic imine (C=N–C) groups is 1. The summed E-state index contributed by atoms with van der Waals surface area (Å²) in [6, 6.07) is 10.4. The minimum Gasteiger partial charge on any atom is -0.377 e. The maximum atomic E-state index is 5.92. The Morgan fingerprint density at radius 2 is 2.23 bits per heavy atom. The van der Waals surface area contributed by atoms with Gasteiger partial charge in [0.2, 0.25) is 0 Å². The molecule has 5 nitrogen and oxygen atoms in total. The second-order valence-electron chi connectivity index (χ2n) is 7.01. The summed E-state index contributed by atoms with van der Waals surface area (Å²) >= 11 is 0. The Balaban J connectivity index is 1.35. The maximum absolute atomic E-state index is 5.92. The van der Waals surface area contributed by atoms with E-state index in [1.54, 1.807) is 0 Å². The smallest absolute Gasteiger partial charge is 0.193 e. The monoisotopic (exact) mass is 357 g/mol. The molecule has 1 saturated heterocycles. The highest BCUT2D eigenvalue weighted by molar-refractivity contribution is 5.80. The summed E-state index contributed by atoms with van der Waals surface area (Å²) in [5, 5.41) is 3.51. The fourth-order valence-electron chi connectivity index (χ4n) is 3.54. The fraction of sp³-hybridized carbons (Fsp3) is 0.571. The lowest BCUT2D eigenvalue weighted by atomic mass is 10.1. The average molecular weight is 357 g/mol. The molecule has 0 aromatic heterocycles. The molecule has 5 heteroatoms. The lowest BCUT2D eigenvalue weighted by molar-refractivity contribution is 0.0907. The minimum atomic E-state index is 0.579. The highest BCUT2D eigenvalue weighted by Gasteiger charge is 2.24. The number of hydrogen-bond donors (Lipinski definition) is 1. The number of nitrogens with zero attached hydrogens (tertiary/aromatic N) is 2. The number of ether oxygens (including phenoxy) is 2. The van der Waals surface area contributed by atoms with Crippen LogP contribution in [0.1, 0.15) is 24.8 Å². The van der Waals surface area contributed by atoms with Gasteiger partial charge in [0.05, 0.1) is 26.4 Å². The second-order valence-corrected chi connectivity index (χ2v) is 7.01. The van der Waals surface area contributed by atoms with E-state index in [-0.39, 0.29) is 0 Å². The Morgan fingerprint density at radius 3 is 3.00 bits per heavy atom. The molecule has 26 heavy (non-hydrogen) atoms. The Kier molecular flexibility index (Phi) is 7.52. The number of rotatable bonds is 7. The predicted molar refractivity (Wildman–Crippen MR) is 105 cm³/mol. The van der Waals surface area contributed by atoms with Crippen molar-refractivity contribution < 1.29 is 9.47 Å². The molecule has 1 atom stereocenters. The van der Waals surface area contributed by atoms with Crippen LogP contribution in [0, 0.1) is 5.92 Å². The summed E-state index contributed by atoms with van der Waals surface area (Å²) < 4.78 is 11.3. The highest BCUT2D eigenvalue weighted by Crippen LogP contribution is 2.17. The number of benzene rings is 1. The zero-order chi connectivity index (χ0) is 18.0. The number of likely N-dealkylation sites (tertiary alicyclic amines) is 1. The van der Waals surface area contributed by atoms with E-state index in [9.17, 15) is 0 Å². The quantitative estimate of drug-likeness (QED) is 0.463. The van der Waals surface area contributed by atoms with Crippen LogP contribution in [0.5, 0.6) is 0 Å². The summed E-state index contributed by atoms with van der Waals surface area (Å²) in [5.74, 6) is 1.60. The average Bonchev–Trinajstić information content (AvgIpc) is 3.16. The van der Waals surface area contributed by atoms with Crippen LogP contribution in [0.3, 0.4) is 0 Å². The van der Waals surface area contributed by atoms with Gasteiger partial charge in [0.25, 0.3) is 0 Å². The second kappa shape index (κ2) is 10.3. The number of nitrogens with one attached hydrogen (secondary N) is 1.